The second-order valence-corrected chi connectivity index (χ2v) is 30.4. The molecule has 0 aliphatic rings. The van der Waals surface area contributed by atoms with E-state index < -0.39 is 9.84 Å². The third-order valence-electron chi connectivity index (χ3n) is 4.62. The first-order valence-corrected chi connectivity index (χ1v) is 38.5. The molecule has 0 atom stereocenters. The van der Waals surface area contributed by atoms with E-state index in [1.54, 1.807) is 37.1 Å². The molecule has 97 heavy (non-hydrogen) atoms. The van der Waals surface area contributed by atoms with Crippen molar-refractivity contribution in [3.8, 4) is 0 Å². The molecular formula is C88H175N5O3S. The van der Waals surface area contributed by atoms with Crippen LogP contribution in [0.1, 0.15) is 284 Å². The van der Waals surface area contributed by atoms with Crippen LogP contribution in [0.5, 0.6) is 0 Å². The fourth-order valence-electron chi connectivity index (χ4n) is 2.24. The molecule has 3 aromatic heterocycles. The molecule has 3 heterocycles. The van der Waals surface area contributed by atoms with E-state index in [2.05, 4.69) is 231 Å². The Morgan fingerprint density at radius 3 is 0.526 bits per heavy atom. The zero-order chi connectivity index (χ0) is 80.7. The van der Waals surface area contributed by atoms with Gasteiger partial charge in [0.1, 0.15) is 16.1 Å². The highest BCUT2D eigenvalue weighted by Gasteiger charge is 1.97. The van der Waals surface area contributed by atoms with E-state index in [-0.39, 0.29) is 0 Å². The van der Waals surface area contributed by atoms with Crippen molar-refractivity contribution in [2.45, 2.75) is 284 Å². The van der Waals surface area contributed by atoms with Crippen molar-refractivity contribution in [3.05, 3.63) is 213 Å². The topological polar surface area (TPSA) is 105 Å². The lowest BCUT2D eigenvalue weighted by atomic mass is 10.0. The number of nitrogens with zero attached hydrogens (tertiary/aromatic N) is 4. The van der Waals surface area contributed by atoms with Crippen molar-refractivity contribution in [1.29, 1.82) is 0 Å². The molecule has 7 aromatic rings. The van der Waals surface area contributed by atoms with Crippen molar-refractivity contribution in [2.24, 2.45) is 38.9 Å². The van der Waals surface area contributed by atoms with Gasteiger partial charge in [-0.3, -0.25) is 10.1 Å². The summed E-state index contributed by atoms with van der Waals surface area (Å²) in [6, 6.07) is 57.3. The van der Waals surface area contributed by atoms with Crippen LogP contribution in [-0.4, -0.2) is 66.8 Å². The van der Waals surface area contributed by atoms with Crippen molar-refractivity contribution >= 4 is 9.84 Å². The van der Waals surface area contributed by atoms with Crippen LogP contribution in [0.2, 0.25) is 0 Å². The minimum absolute atomic E-state index is 0.500. The minimum atomic E-state index is -2.67. The summed E-state index contributed by atoms with van der Waals surface area (Å²) in [6.07, 6.45) is 12.4. The van der Waals surface area contributed by atoms with E-state index in [4.69, 9.17) is 0 Å². The van der Waals surface area contributed by atoms with Crippen molar-refractivity contribution < 1.29 is 12.9 Å². The molecule has 0 saturated carbocycles. The maximum Gasteiger partial charge on any atom is 0.144 e. The van der Waals surface area contributed by atoms with Crippen LogP contribution >= 0.6 is 0 Å². The van der Waals surface area contributed by atoms with Crippen LogP contribution in [0.25, 0.3) is 0 Å². The van der Waals surface area contributed by atoms with Gasteiger partial charge in [0, 0.05) is 37.3 Å². The molecule has 0 saturated heterocycles. The van der Waals surface area contributed by atoms with Gasteiger partial charge < -0.3 is 9.42 Å². The number of hydrogen-bond donors (Lipinski definition) is 1. The summed E-state index contributed by atoms with van der Waals surface area (Å²) in [4.78, 5) is 5.91. The standard InChI is InChI=1S/4C6H6.C5H5N.5C5H12.C4H11N.2C4H10.C3H4N2.C3H3NO.C2H6O2S.7C2H6/c5*1-2-4-6-5-3-1;5*1-5(2,3)4;1-4-5(2)3;2*1-4(2)3;2*1-2-4-5-3-1;1-5(2,3)4;7*1-2/h4*1-6H;1-5H;5*1-4H3;4H2,1-3H3;2*4H,1-3H3;1-3H,(H,4,5);1-3H;1-2H3;7*1-2H3. The van der Waals surface area contributed by atoms with Crippen molar-refractivity contribution in [3.63, 3.8) is 0 Å². The third-order valence-corrected chi connectivity index (χ3v) is 4.62. The van der Waals surface area contributed by atoms with Gasteiger partial charge >= 0.3 is 0 Å². The highest BCUT2D eigenvalue weighted by atomic mass is 32.2. The lowest BCUT2D eigenvalue weighted by Crippen LogP contribution is -2.08. The van der Waals surface area contributed by atoms with Gasteiger partial charge in [0.15, 0.2) is 0 Å². The Morgan fingerprint density at radius 1 is 0.330 bits per heavy atom. The number of H-pyrrole nitrogens is 1. The molecular weight excluding hydrogens is 1210 g/mol. The van der Waals surface area contributed by atoms with E-state index in [1.165, 1.54) is 6.26 Å². The Labute approximate surface area is 613 Å². The van der Waals surface area contributed by atoms with E-state index in [0.717, 1.165) is 30.9 Å². The molecule has 8 nitrogen and oxygen atoms in total. The lowest BCUT2D eigenvalue weighted by Gasteiger charge is -2.05. The van der Waals surface area contributed by atoms with Gasteiger partial charge in [-0.1, -0.05) is 441 Å². The predicted octanol–water partition coefficient (Wildman–Crippen LogP) is 29.9. The highest BCUT2D eigenvalue weighted by molar-refractivity contribution is 7.89. The van der Waals surface area contributed by atoms with Gasteiger partial charge in [0.05, 0.1) is 6.20 Å². The molecule has 0 bridgehead atoms. The fraction of sp³-hybridized carbons (Fsp3) is 0.602. The Balaban J connectivity index is -0.0000000510. The van der Waals surface area contributed by atoms with Gasteiger partial charge in [-0.25, -0.2) is 8.42 Å². The summed E-state index contributed by atoms with van der Waals surface area (Å²) in [6.45, 7) is 88.0. The normalized spacial score (nSPS) is 8.66. The first kappa shape index (κ1) is 131. The Hall–Kier alpha value is -5.64. The summed E-state index contributed by atoms with van der Waals surface area (Å²) < 4.78 is 23.6. The SMILES string of the molecule is CC.CC.CC.CC.CC.CC.CC.CC(C)(C)C.CC(C)(C)C.CC(C)(C)C.CC(C)(C)C.CC(C)(C)C.CC(C)C.CC(C)C.CCN(C)C.CS(C)(=O)=O.c1ccccc1.c1ccccc1.c1ccccc1.c1ccccc1.c1ccncc1.c1cn[nH]c1.c1cnoc1. The molecule has 0 unspecified atom stereocenters. The van der Waals surface area contributed by atoms with E-state index >= 15 is 0 Å². The van der Waals surface area contributed by atoms with Gasteiger partial charge in [-0.2, -0.15) is 5.10 Å². The van der Waals surface area contributed by atoms with Crippen molar-refractivity contribution in [1.82, 2.24) is 25.2 Å². The maximum atomic E-state index is 9.63. The monoisotopic (exact) mass is 1380 g/mol. The van der Waals surface area contributed by atoms with E-state index in [0.29, 0.717) is 27.1 Å². The second kappa shape index (κ2) is 112. The molecule has 576 valence electrons. The summed E-state index contributed by atoms with van der Waals surface area (Å²) in [7, 11) is 1.44. The lowest BCUT2D eigenvalue weighted by molar-refractivity contribution is 0.420. The van der Waals surface area contributed by atoms with Gasteiger partial charge in [0.2, 0.25) is 0 Å². The minimum Gasteiger partial charge on any atom is -0.365 e. The fourth-order valence-corrected chi connectivity index (χ4v) is 2.24. The number of sulfone groups is 1. The quantitative estimate of drug-likeness (QED) is 0.175. The molecule has 0 aliphatic carbocycles. The molecule has 0 amide bonds. The van der Waals surface area contributed by atoms with Gasteiger partial charge in [-0.05, 0) is 83.8 Å². The summed E-state index contributed by atoms with van der Waals surface area (Å²) in [5.41, 5.74) is 2.50. The predicted molar refractivity (Wildman–Crippen MR) is 456 cm³/mol. The summed E-state index contributed by atoms with van der Waals surface area (Å²) >= 11 is 0. The highest BCUT2D eigenvalue weighted by Crippen LogP contribution is 2.10. The molecule has 7 rings (SSSR count). The van der Waals surface area contributed by atoms with Crippen LogP contribution < -0.4 is 0 Å². The number of aromatic nitrogens is 4. The average molecular weight is 1380 g/mol. The molecule has 1 N–H and O–H groups in total. The third kappa shape index (κ3) is 534. The van der Waals surface area contributed by atoms with Crippen molar-refractivity contribution in [2.75, 3.05) is 33.2 Å². The van der Waals surface area contributed by atoms with Gasteiger partial charge in [0.25, 0.3) is 0 Å². The largest absolute Gasteiger partial charge is 0.365 e. The van der Waals surface area contributed by atoms with Crippen LogP contribution in [0.15, 0.2) is 218 Å². The number of aromatic amines is 1. The zero-order valence-electron chi connectivity index (χ0n) is 73.5. The number of pyridine rings is 1. The number of nitrogens with one attached hydrogen (secondary N) is 1. The first-order valence-electron chi connectivity index (χ1n) is 36.2. The van der Waals surface area contributed by atoms with Crippen LogP contribution in [0.4, 0.5) is 0 Å². The number of hydrogen-bond acceptors (Lipinski definition) is 7. The Kier molecular flexibility index (Phi) is 151. The Bertz CT molecular complexity index is 1640. The number of benzene rings is 4. The molecule has 0 spiro atoms. The zero-order valence-corrected chi connectivity index (χ0v) is 74.3. The summed E-state index contributed by atoms with van der Waals surface area (Å²) in [5, 5.41) is 9.56. The van der Waals surface area contributed by atoms with E-state index in [9.17, 15) is 8.42 Å². The molecule has 4 aromatic carbocycles. The molecule has 0 radical (unpaired) electrons. The molecule has 0 fully saturated rings. The van der Waals surface area contributed by atoms with Crippen LogP contribution in [-0.2, 0) is 9.84 Å². The molecule has 9 heteroatoms. The van der Waals surface area contributed by atoms with Crippen LogP contribution in [0.3, 0.4) is 0 Å². The number of rotatable bonds is 1. The van der Waals surface area contributed by atoms with E-state index in [1.807, 2.05) is 267 Å². The van der Waals surface area contributed by atoms with Crippen LogP contribution in [0, 0.1) is 38.9 Å². The molecule has 0 aliphatic heterocycles. The first-order chi connectivity index (χ1) is 44.7. The average Bonchev–Trinajstić information content (AvgIpc) is 4.39. The maximum absolute atomic E-state index is 9.63. The second-order valence-electron chi connectivity index (χ2n) is 28.1. The smallest absolute Gasteiger partial charge is 0.144 e. The summed E-state index contributed by atoms with van der Waals surface area (Å²) in [5.74, 6) is 1.67. The Morgan fingerprint density at radius 2 is 0.485 bits per heavy atom. The van der Waals surface area contributed by atoms with Gasteiger partial charge in [-0.15, -0.1) is 0 Å².